The van der Waals surface area contributed by atoms with Crippen LogP contribution in [0, 0.1) is 25.1 Å². The van der Waals surface area contributed by atoms with Gasteiger partial charge in [0.2, 0.25) is 0 Å². The maximum Gasteiger partial charge on any atom is 0.167 e. The summed E-state index contributed by atoms with van der Waals surface area (Å²) in [6, 6.07) is 1.65. The number of rotatable bonds is 3. The van der Waals surface area contributed by atoms with Gasteiger partial charge in [0.05, 0.1) is 20.9 Å². The van der Waals surface area contributed by atoms with E-state index in [1.165, 1.54) is 12.3 Å². The quantitative estimate of drug-likeness (QED) is 0.486. The predicted molar refractivity (Wildman–Crippen MR) is 120 cm³/mol. The second-order valence-electron chi connectivity index (χ2n) is 8.66. The van der Waals surface area contributed by atoms with Crippen LogP contribution in [0.3, 0.4) is 0 Å². The van der Waals surface area contributed by atoms with Gasteiger partial charge < -0.3 is 10.2 Å². The standard InChI is InChI=1S/C21H19ClFN7S/c1-10-11(2)28-29-20-15(10)16-17(31-20)18(26-9-25-16)27-13-4-21(5-13)7-30(8-21)19-14(23)3-12(22)6-24-19/h3,6,9,13H,4-5,7-8H2,1-2H3,(H,25,26,27). The van der Waals surface area contributed by atoms with Crippen molar-refractivity contribution in [3.05, 3.63) is 40.7 Å². The monoisotopic (exact) mass is 455 g/mol. The Morgan fingerprint density at radius 2 is 2.00 bits per heavy atom. The van der Waals surface area contributed by atoms with Crippen molar-refractivity contribution in [2.45, 2.75) is 32.7 Å². The zero-order valence-corrected chi connectivity index (χ0v) is 18.6. The van der Waals surface area contributed by atoms with Crippen molar-refractivity contribution >= 4 is 55.0 Å². The molecular weight excluding hydrogens is 437 g/mol. The summed E-state index contributed by atoms with van der Waals surface area (Å²) < 4.78 is 15.1. The molecule has 0 bridgehead atoms. The Balaban J connectivity index is 1.18. The first-order valence-electron chi connectivity index (χ1n) is 10.1. The Labute approximate surface area is 186 Å². The summed E-state index contributed by atoms with van der Waals surface area (Å²) in [6.07, 6.45) is 5.15. The molecule has 31 heavy (non-hydrogen) atoms. The third kappa shape index (κ3) is 2.94. The molecule has 1 aliphatic carbocycles. The first-order valence-corrected chi connectivity index (χ1v) is 11.3. The molecule has 4 aromatic rings. The molecule has 6 rings (SSSR count). The van der Waals surface area contributed by atoms with Crippen LogP contribution in [0.15, 0.2) is 18.6 Å². The molecule has 0 aromatic carbocycles. The highest BCUT2D eigenvalue weighted by Crippen LogP contribution is 2.51. The first kappa shape index (κ1) is 19.1. The lowest BCUT2D eigenvalue weighted by Crippen LogP contribution is -2.65. The van der Waals surface area contributed by atoms with E-state index < -0.39 is 0 Å². The number of nitrogens with zero attached hydrogens (tertiary/aromatic N) is 6. The van der Waals surface area contributed by atoms with Crippen LogP contribution in [0.5, 0.6) is 0 Å². The van der Waals surface area contributed by atoms with Crippen molar-refractivity contribution < 1.29 is 4.39 Å². The van der Waals surface area contributed by atoms with Crippen LogP contribution in [-0.2, 0) is 0 Å². The second-order valence-corrected chi connectivity index (χ2v) is 10.1. The highest BCUT2D eigenvalue weighted by molar-refractivity contribution is 7.26. The number of aryl methyl sites for hydroxylation is 2. The number of pyridine rings is 1. The lowest BCUT2D eigenvalue weighted by Gasteiger charge is -2.59. The van der Waals surface area contributed by atoms with Crippen LogP contribution in [0.2, 0.25) is 5.02 Å². The Morgan fingerprint density at radius 3 is 2.77 bits per heavy atom. The number of aromatic nitrogens is 5. The fourth-order valence-corrected chi connectivity index (χ4v) is 6.11. The van der Waals surface area contributed by atoms with Crippen LogP contribution < -0.4 is 10.2 Å². The van der Waals surface area contributed by atoms with Crippen molar-refractivity contribution in [1.82, 2.24) is 25.1 Å². The summed E-state index contributed by atoms with van der Waals surface area (Å²) in [6.45, 7) is 5.65. The number of fused-ring (bicyclic) bond motifs is 3. The molecule has 2 fully saturated rings. The van der Waals surface area contributed by atoms with Gasteiger partial charge in [-0.2, -0.15) is 5.10 Å². The van der Waals surface area contributed by atoms with Crippen LogP contribution in [0.4, 0.5) is 16.0 Å². The highest BCUT2D eigenvalue weighted by atomic mass is 35.5. The van der Waals surface area contributed by atoms with E-state index in [0.29, 0.717) is 16.9 Å². The Bertz CT molecular complexity index is 1340. The number of hydrogen-bond donors (Lipinski definition) is 1. The van der Waals surface area contributed by atoms with Gasteiger partial charge in [-0.05, 0) is 38.3 Å². The normalized spacial score (nSPS) is 17.9. The predicted octanol–water partition coefficient (Wildman–Crippen LogP) is 4.52. The largest absolute Gasteiger partial charge is 0.366 e. The van der Waals surface area contributed by atoms with Gasteiger partial charge in [-0.15, -0.1) is 16.4 Å². The molecule has 1 N–H and O–H groups in total. The number of halogens is 2. The summed E-state index contributed by atoms with van der Waals surface area (Å²) in [4.78, 5) is 16.1. The summed E-state index contributed by atoms with van der Waals surface area (Å²) >= 11 is 7.39. The molecule has 2 aliphatic rings. The van der Waals surface area contributed by atoms with Crippen molar-refractivity contribution in [2.75, 3.05) is 23.3 Å². The summed E-state index contributed by atoms with van der Waals surface area (Å²) in [7, 11) is 0. The van der Waals surface area contributed by atoms with Crippen molar-refractivity contribution in [3.63, 3.8) is 0 Å². The molecule has 10 heteroatoms. The van der Waals surface area contributed by atoms with Gasteiger partial charge in [-0.25, -0.2) is 19.3 Å². The van der Waals surface area contributed by atoms with Gasteiger partial charge in [0, 0.05) is 36.1 Å². The molecule has 4 aromatic heterocycles. The molecule has 158 valence electrons. The average molecular weight is 456 g/mol. The molecule has 0 unspecified atom stereocenters. The van der Waals surface area contributed by atoms with E-state index in [0.717, 1.165) is 63.4 Å². The Kier molecular flexibility index (Phi) is 4.10. The second kappa shape index (κ2) is 6.67. The number of nitrogens with one attached hydrogen (secondary N) is 1. The topological polar surface area (TPSA) is 79.7 Å². The molecule has 7 nitrogen and oxygen atoms in total. The first-order chi connectivity index (χ1) is 14.9. The smallest absolute Gasteiger partial charge is 0.167 e. The van der Waals surface area contributed by atoms with E-state index in [1.54, 1.807) is 17.7 Å². The third-order valence-electron chi connectivity index (χ3n) is 6.50. The molecular formula is C21H19ClFN7S. The molecule has 5 heterocycles. The van der Waals surface area contributed by atoms with Gasteiger partial charge in [-0.3, -0.25) is 0 Å². The zero-order chi connectivity index (χ0) is 21.3. The maximum absolute atomic E-state index is 14.1. The summed E-state index contributed by atoms with van der Waals surface area (Å²) in [5.74, 6) is 0.880. The van der Waals surface area contributed by atoms with E-state index in [9.17, 15) is 4.39 Å². The van der Waals surface area contributed by atoms with Crippen molar-refractivity contribution in [3.8, 4) is 0 Å². The van der Waals surface area contributed by atoms with Gasteiger partial charge in [0.1, 0.15) is 17.0 Å². The zero-order valence-electron chi connectivity index (χ0n) is 17.0. The molecule has 0 amide bonds. The highest BCUT2D eigenvalue weighted by Gasteiger charge is 2.53. The molecule has 1 saturated heterocycles. The van der Waals surface area contributed by atoms with Gasteiger partial charge >= 0.3 is 0 Å². The molecule has 0 radical (unpaired) electrons. The summed E-state index contributed by atoms with van der Waals surface area (Å²) in [5.41, 5.74) is 3.18. The minimum absolute atomic E-state index is 0.219. The minimum atomic E-state index is -0.363. The lowest BCUT2D eigenvalue weighted by molar-refractivity contribution is 0.0738. The molecule has 1 aliphatic heterocycles. The fourth-order valence-electron chi connectivity index (χ4n) is 4.88. The SMILES string of the molecule is Cc1nnc2sc3c(NC4CC5(C4)CN(c4ncc(Cl)cc4F)C5)ncnc3c2c1C. The maximum atomic E-state index is 14.1. The van der Waals surface area contributed by atoms with E-state index in [-0.39, 0.29) is 11.2 Å². The number of anilines is 2. The lowest BCUT2D eigenvalue weighted by atomic mass is 9.60. The minimum Gasteiger partial charge on any atom is -0.366 e. The van der Waals surface area contributed by atoms with Crippen LogP contribution in [-0.4, -0.2) is 44.3 Å². The van der Waals surface area contributed by atoms with E-state index >= 15 is 0 Å². The fraction of sp³-hybridized carbons (Fsp3) is 0.381. The summed E-state index contributed by atoms with van der Waals surface area (Å²) in [5, 5.41) is 13.6. The average Bonchev–Trinajstić information content (AvgIpc) is 3.06. The molecule has 1 saturated carbocycles. The van der Waals surface area contributed by atoms with Gasteiger partial charge in [-0.1, -0.05) is 11.6 Å². The van der Waals surface area contributed by atoms with Crippen LogP contribution in [0.1, 0.15) is 24.1 Å². The van der Waals surface area contributed by atoms with Crippen molar-refractivity contribution in [2.24, 2.45) is 5.41 Å². The molecule has 0 atom stereocenters. The van der Waals surface area contributed by atoms with Crippen LogP contribution >= 0.6 is 22.9 Å². The van der Waals surface area contributed by atoms with Crippen LogP contribution in [0.25, 0.3) is 20.4 Å². The number of thiophene rings is 1. The molecule has 1 spiro atoms. The Morgan fingerprint density at radius 1 is 1.19 bits per heavy atom. The van der Waals surface area contributed by atoms with E-state index in [2.05, 4.69) is 37.4 Å². The van der Waals surface area contributed by atoms with E-state index in [1.807, 2.05) is 11.8 Å². The van der Waals surface area contributed by atoms with Gasteiger partial charge in [0.15, 0.2) is 11.6 Å². The van der Waals surface area contributed by atoms with Gasteiger partial charge in [0.25, 0.3) is 0 Å². The van der Waals surface area contributed by atoms with Crippen molar-refractivity contribution in [1.29, 1.82) is 0 Å². The Hall–Kier alpha value is -2.65. The number of hydrogen-bond acceptors (Lipinski definition) is 8. The third-order valence-corrected chi connectivity index (χ3v) is 7.78. The van der Waals surface area contributed by atoms with E-state index in [4.69, 9.17) is 11.6 Å².